The average molecular weight is 610 g/mol. The molecule has 1 saturated heterocycles. The lowest BCUT2D eigenvalue weighted by Gasteiger charge is -2.32. The first-order valence-electron chi connectivity index (χ1n) is 15.0. The molecule has 46 heavy (non-hydrogen) atoms. The van der Waals surface area contributed by atoms with Crippen LogP contribution in [-0.2, 0) is 13.6 Å². The van der Waals surface area contributed by atoms with Crippen molar-refractivity contribution in [1.82, 2.24) is 39.0 Å². The van der Waals surface area contributed by atoms with E-state index in [1.165, 1.54) is 10.1 Å². The SMILES string of the molecule is Cn1ccc(-c2ccc3nc(-c4cccnc4N)n(-c4ccc(CN5CCC(Nc6ccnc(C#N)n6)CC5)cc4)c3n2)cc1=O. The first kappa shape index (κ1) is 28.8. The molecule has 0 bridgehead atoms. The first-order valence-corrected chi connectivity index (χ1v) is 15.0. The maximum absolute atomic E-state index is 12.4. The molecule has 1 fully saturated rings. The van der Waals surface area contributed by atoms with Gasteiger partial charge in [0.05, 0.1) is 11.3 Å². The van der Waals surface area contributed by atoms with Crippen molar-refractivity contribution in [1.29, 1.82) is 5.26 Å². The van der Waals surface area contributed by atoms with Crippen LogP contribution < -0.4 is 16.6 Å². The van der Waals surface area contributed by atoms with Crippen LogP contribution in [0.4, 0.5) is 11.6 Å². The topological polar surface area (TPSA) is 156 Å². The quantitative estimate of drug-likeness (QED) is 0.269. The fraction of sp³-hybridized carbons (Fsp3) is 0.206. The van der Waals surface area contributed by atoms with Gasteiger partial charge in [0.1, 0.15) is 23.2 Å². The summed E-state index contributed by atoms with van der Waals surface area (Å²) in [7, 11) is 1.72. The van der Waals surface area contributed by atoms with Crippen molar-refractivity contribution in [2.24, 2.45) is 7.05 Å². The van der Waals surface area contributed by atoms with Gasteiger partial charge in [-0.15, -0.1) is 0 Å². The highest BCUT2D eigenvalue weighted by molar-refractivity contribution is 5.84. The molecule has 5 aromatic heterocycles. The summed E-state index contributed by atoms with van der Waals surface area (Å²) in [5, 5.41) is 12.5. The van der Waals surface area contributed by atoms with E-state index in [1.807, 2.05) is 41.0 Å². The smallest absolute Gasteiger partial charge is 0.250 e. The molecule has 12 heteroatoms. The molecule has 6 heterocycles. The molecule has 1 aromatic carbocycles. The number of piperidine rings is 1. The molecule has 1 aliphatic heterocycles. The van der Waals surface area contributed by atoms with Crippen LogP contribution in [0.25, 0.3) is 39.5 Å². The van der Waals surface area contributed by atoms with E-state index in [2.05, 4.69) is 49.4 Å². The highest BCUT2D eigenvalue weighted by Gasteiger charge is 2.21. The van der Waals surface area contributed by atoms with Gasteiger partial charge >= 0.3 is 0 Å². The maximum atomic E-state index is 12.4. The van der Waals surface area contributed by atoms with Crippen LogP contribution in [0.3, 0.4) is 0 Å². The van der Waals surface area contributed by atoms with E-state index in [1.54, 1.807) is 37.8 Å². The number of nitrogen functional groups attached to an aromatic ring is 1. The van der Waals surface area contributed by atoms with Gasteiger partial charge in [0.2, 0.25) is 5.82 Å². The third-order valence-corrected chi connectivity index (χ3v) is 8.28. The number of imidazole rings is 1. The lowest BCUT2D eigenvalue weighted by Crippen LogP contribution is -2.38. The Balaban J connectivity index is 1.14. The van der Waals surface area contributed by atoms with Gasteiger partial charge in [-0.25, -0.2) is 24.9 Å². The Morgan fingerprint density at radius 2 is 1.80 bits per heavy atom. The molecule has 12 nitrogen and oxygen atoms in total. The molecule has 0 radical (unpaired) electrons. The number of nitrogens with zero attached hydrogens (tertiary/aromatic N) is 9. The average Bonchev–Trinajstić information content (AvgIpc) is 3.46. The number of aryl methyl sites for hydroxylation is 1. The minimum absolute atomic E-state index is 0.104. The Hall–Kier alpha value is -5.93. The number of benzene rings is 1. The number of nitrogens with two attached hydrogens (primary N) is 1. The molecule has 0 unspecified atom stereocenters. The highest BCUT2D eigenvalue weighted by Crippen LogP contribution is 2.32. The predicted octanol–water partition coefficient (Wildman–Crippen LogP) is 4.17. The Labute approximate surface area is 264 Å². The largest absolute Gasteiger partial charge is 0.383 e. The van der Waals surface area contributed by atoms with Crippen LogP contribution in [0.1, 0.15) is 24.2 Å². The van der Waals surface area contributed by atoms with Crippen LogP contribution in [0.2, 0.25) is 0 Å². The summed E-state index contributed by atoms with van der Waals surface area (Å²) in [6.07, 6.45) is 6.95. The summed E-state index contributed by atoms with van der Waals surface area (Å²) in [5.74, 6) is 1.88. The zero-order valence-electron chi connectivity index (χ0n) is 25.2. The summed E-state index contributed by atoms with van der Waals surface area (Å²) in [4.78, 5) is 37.2. The lowest BCUT2D eigenvalue weighted by molar-refractivity contribution is 0.211. The number of fused-ring (bicyclic) bond motifs is 1. The Morgan fingerprint density at radius 3 is 2.57 bits per heavy atom. The molecule has 0 amide bonds. The molecular formula is C34H31N11O. The van der Waals surface area contributed by atoms with E-state index < -0.39 is 0 Å². The number of hydrogen-bond acceptors (Lipinski definition) is 10. The van der Waals surface area contributed by atoms with Crippen LogP contribution in [0.5, 0.6) is 0 Å². The number of anilines is 2. The second-order valence-corrected chi connectivity index (χ2v) is 11.3. The molecule has 6 aromatic rings. The summed E-state index contributed by atoms with van der Waals surface area (Å²) < 4.78 is 3.53. The molecule has 0 saturated carbocycles. The predicted molar refractivity (Wildman–Crippen MR) is 176 cm³/mol. The Morgan fingerprint density at radius 1 is 0.978 bits per heavy atom. The number of nitriles is 1. The van der Waals surface area contributed by atoms with Gasteiger partial charge in [-0.1, -0.05) is 12.1 Å². The summed E-state index contributed by atoms with van der Waals surface area (Å²) in [5.41, 5.74) is 11.8. The van der Waals surface area contributed by atoms with Crippen LogP contribution in [-0.4, -0.2) is 58.1 Å². The highest BCUT2D eigenvalue weighted by atomic mass is 16.1. The van der Waals surface area contributed by atoms with Gasteiger partial charge < -0.3 is 15.6 Å². The number of rotatable bonds is 7. The summed E-state index contributed by atoms with van der Waals surface area (Å²) in [6.45, 7) is 2.72. The minimum Gasteiger partial charge on any atom is -0.383 e. The number of hydrogen-bond donors (Lipinski definition) is 2. The van der Waals surface area contributed by atoms with E-state index in [0.29, 0.717) is 45.9 Å². The van der Waals surface area contributed by atoms with Gasteiger partial charge in [-0.3, -0.25) is 14.3 Å². The molecule has 1 aliphatic rings. The Kier molecular flexibility index (Phi) is 7.66. The number of aromatic nitrogens is 7. The molecule has 7 rings (SSSR count). The van der Waals surface area contributed by atoms with Gasteiger partial charge in [-0.2, -0.15) is 5.26 Å². The van der Waals surface area contributed by atoms with Crippen molar-refractivity contribution in [3.8, 4) is 34.4 Å². The molecular weight excluding hydrogens is 578 g/mol. The van der Waals surface area contributed by atoms with Gasteiger partial charge in [0.25, 0.3) is 5.56 Å². The second kappa shape index (κ2) is 12.2. The van der Waals surface area contributed by atoms with Crippen LogP contribution in [0.15, 0.2) is 90.1 Å². The second-order valence-electron chi connectivity index (χ2n) is 11.3. The van der Waals surface area contributed by atoms with Crippen molar-refractivity contribution >= 4 is 22.8 Å². The summed E-state index contributed by atoms with van der Waals surface area (Å²) >= 11 is 0. The van der Waals surface area contributed by atoms with E-state index in [9.17, 15) is 4.79 Å². The van der Waals surface area contributed by atoms with Gasteiger partial charge in [-0.05, 0) is 66.9 Å². The fourth-order valence-corrected chi connectivity index (χ4v) is 5.80. The van der Waals surface area contributed by atoms with Crippen molar-refractivity contribution in [3.63, 3.8) is 0 Å². The van der Waals surface area contributed by atoms with Crippen molar-refractivity contribution < 1.29 is 0 Å². The summed E-state index contributed by atoms with van der Waals surface area (Å²) in [6, 6.07) is 23.5. The van der Waals surface area contributed by atoms with Crippen molar-refractivity contribution in [2.75, 3.05) is 24.1 Å². The van der Waals surface area contributed by atoms with E-state index in [-0.39, 0.29) is 11.4 Å². The number of nitrogens with one attached hydrogen (secondary N) is 1. The van der Waals surface area contributed by atoms with E-state index in [4.69, 9.17) is 21.0 Å². The fourth-order valence-electron chi connectivity index (χ4n) is 5.80. The molecule has 0 spiro atoms. The minimum atomic E-state index is -0.104. The Bertz CT molecular complexity index is 2140. The maximum Gasteiger partial charge on any atom is 0.250 e. The molecule has 3 N–H and O–H groups in total. The number of pyridine rings is 3. The first-order chi connectivity index (χ1) is 22.4. The monoisotopic (exact) mass is 609 g/mol. The van der Waals surface area contributed by atoms with E-state index in [0.717, 1.165) is 43.7 Å². The van der Waals surface area contributed by atoms with Crippen molar-refractivity contribution in [2.45, 2.75) is 25.4 Å². The van der Waals surface area contributed by atoms with Crippen LogP contribution in [0, 0.1) is 11.3 Å². The third-order valence-electron chi connectivity index (χ3n) is 8.28. The zero-order chi connectivity index (χ0) is 31.6. The van der Waals surface area contributed by atoms with Gasteiger partial charge in [0, 0.05) is 68.6 Å². The molecule has 0 aliphatic carbocycles. The number of likely N-dealkylation sites (tertiary alicyclic amines) is 1. The normalized spacial score (nSPS) is 13.9. The zero-order valence-corrected chi connectivity index (χ0v) is 25.2. The standard InChI is InChI=1S/C34H31N11O/c1-43-16-11-23(19-31(43)46)27-8-9-28-34(40-27)45(33(41-28)26-3-2-14-38-32(26)36)25-6-4-22(5-7-25)21-44-17-12-24(13-18-44)39-29-10-15-37-30(20-35)42-29/h2-11,14-16,19,24H,12-13,17-18,21H2,1H3,(H2,36,38)(H,37,39,42). The van der Waals surface area contributed by atoms with Crippen LogP contribution >= 0.6 is 0 Å². The van der Waals surface area contributed by atoms with E-state index >= 15 is 0 Å². The van der Waals surface area contributed by atoms with Crippen molar-refractivity contribution in [3.05, 3.63) is 107 Å². The third kappa shape index (κ3) is 5.79. The van der Waals surface area contributed by atoms with Gasteiger partial charge in [0.15, 0.2) is 11.5 Å². The molecule has 228 valence electrons. The molecule has 0 atom stereocenters. The lowest BCUT2D eigenvalue weighted by atomic mass is 10.0.